The van der Waals surface area contributed by atoms with E-state index in [-0.39, 0.29) is 18.7 Å². The number of hydrogen-bond acceptors (Lipinski definition) is 3. The van der Waals surface area contributed by atoms with Crippen molar-refractivity contribution in [3.05, 3.63) is 29.6 Å². The van der Waals surface area contributed by atoms with Gasteiger partial charge in [0.15, 0.2) is 5.78 Å². The molecule has 0 amide bonds. The van der Waals surface area contributed by atoms with Crippen LogP contribution in [0.2, 0.25) is 0 Å². The Morgan fingerprint density at radius 1 is 1.39 bits per heavy atom. The molecular weight excluding hydrogens is 245 g/mol. The molecule has 0 aliphatic heterocycles. The first kappa shape index (κ1) is 14.6. The van der Waals surface area contributed by atoms with Gasteiger partial charge < -0.3 is 5.32 Å². The number of Topliss-reactive ketones (excluding diaryl/α,β-unsaturated/α-hetero) is 1. The van der Waals surface area contributed by atoms with Gasteiger partial charge in [-0.1, -0.05) is 13.0 Å². The van der Waals surface area contributed by atoms with Crippen LogP contribution in [0.3, 0.4) is 0 Å². The van der Waals surface area contributed by atoms with Gasteiger partial charge in [-0.15, -0.1) is 0 Å². The molecule has 0 atom stereocenters. The van der Waals surface area contributed by atoms with Crippen LogP contribution in [-0.2, 0) is 17.6 Å². The van der Waals surface area contributed by atoms with Crippen LogP contribution < -0.4 is 5.32 Å². The third-order valence-corrected chi connectivity index (χ3v) is 2.32. The van der Waals surface area contributed by atoms with E-state index in [1.165, 1.54) is 0 Å². The highest BCUT2D eigenvalue weighted by molar-refractivity contribution is 5.82. The summed E-state index contributed by atoms with van der Waals surface area (Å²) in [5.41, 5.74) is 1.63. The van der Waals surface area contributed by atoms with Crippen LogP contribution in [0.5, 0.6) is 0 Å². The zero-order valence-electron chi connectivity index (χ0n) is 10.0. The lowest BCUT2D eigenvalue weighted by atomic mass is 10.1. The number of aryl methyl sites for hydroxylation is 1. The number of nitrogens with one attached hydrogen (secondary N) is 1. The van der Waals surface area contributed by atoms with E-state index in [4.69, 9.17) is 0 Å². The first-order chi connectivity index (χ1) is 8.40. The SMILES string of the molecule is CCc1ccc(CC(=O)CNCC(F)(F)F)nc1. The second-order valence-corrected chi connectivity index (χ2v) is 3.95. The van der Waals surface area contributed by atoms with Crippen molar-refractivity contribution in [1.29, 1.82) is 0 Å². The molecule has 100 valence electrons. The summed E-state index contributed by atoms with van der Waals surface area (Å²) in [5.74, 6) is -0.309. The second kappa shape index (κ2) is 6.49. The van der Waals surface area contributed by atoms with E-state index in [2.05, 4.69) is 10.3 Å². The Labute approximate surface area is 103 Å². The molecule has 6 heteroatoms. The Morgan fingerprint density at radius 2 is 2.11 bits per heavy atom. The van der Waals surface area contributed by atoms with Crippen LogP contribution in [0.1, 0.15) is 18.2 Å². The molecule has 0 aliphatic carbocycles. The van der Waals surface area contributed by atoms with Gasteiger partial charge in [0.1, 0.15) is 0 Å². The molecule has 0 radical (unpaired) electrons. The highest BCUT2D eigenvalue weighted by Gasteiger charge is 2.26. The minimum atomic E-state index is -4.29. The average molecular weight is 260 g/mol. The van der Waals surface area contributed by atoms with Gasteiger partial charge in [0.25, 0.3) is 0 Å². The van der Waals surface area contributed by atoms with E-state index in [0.717, 1.165) is 12.0 Å². The number of carbonyl (C=O) groups excluding carboxylic acids is 1. The molecule has 0 unspecified atom stereocenters. The summed E-state index contributed by atoms with van der Waals surface area (Å²) >= 11 is 0. The van der Waals surface area contributed by atoms with E-state index >= 15 is 0 Å². The summed E-state index contributed by atoms with van der Waals surface area (Å²) < 4.78 is 35.5. The molecule has 0 aromatic carbocycles. The normalized spacial score (nSPS) is 11.6. The lowest BCUT2D eigenvalue weighted by Crippen LogP contribution is -2.33. The predicted octanol–water partition coefficient (Wildman–Crippen LogP) is 1.91. The van der Waals surface area contributed by atoms with Gasteiger partial charge >= 0.3 is 6.18 Å². The molecule has 0 saturated heterocycles. The summed E-state index contributed by atoms with van der Waals surface area (Å²) in [5, 5.41) is 2.07. The molecule has 0 saturated carbocycles. The first-order valence-electron chi connectivity index (χ1n) is 5.63. The molecule has 3 nitrogen and oxygen atoms in total. The molecule has 0 fully saturated rings. The Kier molecular flexibility index (Phi) is 5.27. The number of nitrogens with zero attached hydrogens (tertiary/aromatic N) is 1. The van der Waals surface area contributed by atoms with Gasteiger partial charge in [0.2, 0.25) is 0 Å². The Hall–Kier alpha value is -1.43. The van der Waals surface area contributed by atoms with Gasteiger partial charge in [0, 0.05) is 11.9 Å². The van der Waals surface area contributed by atoms with Crippen LogP contribution in [0, 0.1) is 0 Å². The molecule has 0 spiro atoms. The Balaban J connectivity index is 2.35. The van der Waals surface area contributed by atoms with Crippen LogP contribution in [0.4, 0.5) is 13.2 Å². The lowest BCUT2D eigenvalue weighted by Gasteiger charge is -2.07. The minimum Gasteiger partial charge on any atom is -0.302 e. The topological polar surface area (TPSA) is 42.0 Å². The van der Waals surface area contributed by atoms with E-state index in [0.29, 0.717) is 5.69 Å². The van der Waals surface area contributed by atoms with Crippen molar-refractivity contribution in [2.24, 2.45) is 0 Å². The molecule has 18 heavy (non-hydrogen) atoms. The smallest absolute Gasteiger partial charge is 0.302 e. The largest absolute Gasteiger partial charge is 0.401 e. The van der Waals surface area contributed by atoms with Crippen molar-refractivity contribution in [3.63, 3.8) is 0 Å². The standard InChI is InChI=1S/C12H15F3N2O/c1-2-9-3-4-10(17-6-9)5-11(18)7-16-8-12(13,14)15/h3-4,6,16H,2,5,7-8H2,1H3. The maximum Gasteiger partial charge on any atom is 0.401 e. The van der Waals surface area contributed by atoms with Gasteiger partial charge in [-0.05, 0) is 18.1 Å². The fourth-order valence-corrected chi connectivity index (χ4v) is 1.38. The molecule has 1 heterocycles. The van der Waals surface area contributed by atoms with Gasteiger partial charge in [-0.2, -0.15) is 13.2 Å². The lowest BCUT2D eigenvalue weighted by molar-refractivity contribution is -0.127. The van der Waals surface area contributed by atoms with Crippen molar-refractivity contribution in [1.82, 2.24) is 10.3 Å². The first-order valence-corrected chi connectivity index (χ1v) is 5.63. The highest BCUT2D eigenvalue weighted by Crippen LogP contribution is 2.11. The molecule has 1 N–H and O–H groups in total. The third-order valence-electron chi connectivity index (χ3n) is 2.32. The number of rotatable bonds is 6. The highest BCUT2D eigenvalue weighted by atomic mass is 19.4. The van der Waals surface area contributed by atoms with E-state index < -0.39 is 12.7 Å². The molecule has 1 aromatic rings. The van der Waals surface area contributed by atoms with Crippen molar-refractivity contribution in [2.45, 2.75) is 25.9 Å². The summed E-state index contributed by atoms with van der Waals surface area (Å²) in [7, 11) is 0. The third kappa shape index (κ3) is 5.77. The average Bonchev–Trinajstić information content (AvgIpc) is 2.28. The molecular formula is C12H15F3N2O. The number of halogens is 3. The molecule has 0 aliphatic rings. The fraction of sp³-hybridized carbons (Fsp3) is 0.500. The molecule has 1 rings (SSSR count). The zero-order valence-corrected chi connectivity index (χ0v) is 10.0. The summed E-state index contributed by atoms with van der Waals surface area (Å²) in [4.78, 5) is 15.5. The number of pyridine rings is 1. The Bertz CT molecular complexity index is 387. The van der Waals surface area contributed by atoms with Gasteiger partial charge in [0.05, 0.1) is 19.5 Å². The molecule has 0 bridgehead atoms. The van der Waals surface area contributed by atoms with Crippen LogP contribution in [0.15, 0.2) is 18.3 Å². The fourth-order valence-electron chi connectivity index (χ4n) is 1.38. The second-order valence-electron chi connectivity index (χ2n) is 3.95. The van der Waals surface area contributed by atoms with Crippen LogP contribution in [-0.4, -0.2) is 30.0 Å². The number of carbonyl (C=O) groups is 1. The van der Waals surface area contributed by atoms with Crippen LogP contribution >= 0.6 is 0 Å². The number of alkyl halides is 3. The summed E-state index contributed by atoms with van der Waals surface area (Å²) in [6, 6.07) is 3.58. The van der Waals surface area contributed by atoms with Crippen molar-refractivity contribution < 1.29 is 18.0 Å². The summed E-state index contributed by atoms with van der Waals surface area (Å²) in [6.45, 7) is 0.542. The van der Waals surface area contributed by atoms with E-state index in [9.17, 15) is 18.0 Å². The van der Waals surface area contributed by atoms with Crippen molar-refractivity contribution in [2.75, 3.05) is 13.1 Å². The monoisotopic (exact) mass is 260 g/mol. The zero-order chi connectivity index (χ0) is 13.6. The van der Waals surface area contributed by atoms with Gasteiger partial charge in [-0.25, -0.2) is 0 Å². The molecule has 1 aromatic heterocycles. The number of aromatic nitrogens is 1. The predicted molar refractivity (Wildman–Crippen MR) is 61.3 cm³/mol. The summed E-state index contributed by atoms with van der Waals surface area (Å²) in [6.07, 6.45) is -1.71. The number of hydrogen-bond donors (Lipinski definition) is 1. The Morgan fingerprint density at radius 3 is 2.61 bits per heavy atom. The maximum atomic E-state index is 11.8. The van der Waals surface area contributed by atoms with Crippen molar-refractivity contribution >= 4 is 5.78 Å². The van der Waals surface area contributed by atoms with Crippen molar-refractivity contribution in [3.8, 4) is 0 Å². The van der Waals surface area contributed by atoms with Gasteiger partial charge in [-0.3, -0.25) is 9.78 Å². The quantitative estimate of drug-likeness (QED) is 0.849. The van der Waals surface area contributed by atoms with E-state index in [1.54, 1.807) is 12.3 Å². The van der Waals surface area contributed by atoms with E-state index in [1.807, 2.05) is 13.0 Å². The minimum absolute atomic E-state index is 0.0504. The maximum absolute atomic E-state index is 11.8. The number of ketones is 1. The van der Waals surface area contributed by atoms with Crippen LogP contribution in [0.25, 0.3) is 0 Å².